The number of likely N-dealkylation sites (tertiary alicyclic amines) is 1. The Morgan fingerprint density at radius 2 is 1.83 bits per heavy atom. The second kappa shape index (κ2) is 8.09. The molecule has 5 rings (SSSR count). The predicted octanol–water partition coefficient (Wildman–Crippen LogP) is 3.60. The summed E-state index contributed by atoms with van der Waals surface area (Å²) in [4.78, 5) is 32.7. The molecule has 1 saturated heterocycles. The Bertz CT molecular complexity index is 1100. The summed E-state index contributed by atoms with van der Waals surface area (Å²) in [5.74, 6) is 0.798. The van der Waals surface area contributed by atoms with Crippen LogP contribution in [0.3, 0.4) is 0 Å². The SMILES string of the molecule is O=C(CC1CCCC1)N1CC[C@@H](n2c(=O)n(Cc3ccccc3)c3cccnc32)C1. The maximum Gasteiger partial charge on any atom is 0.330 e. The first-order chi connectivity index (χ1) is 14.7. The van der Waals surface area contributed by atoms with E-state index in [-0.39, 0.29) is 17.6 Å². The molecule has 3 aromatic rings. The van der Waals surface area contributed by atoms with Crippen LogP contribution < -0.4 is 5.69 Å². The van der Waals surface area contributed by atoms with Crippen LogP contribution in [0, 0.1) is 5.92 Å². The van der Waals surface area contributed by atoms with Crippen LogP contribution in [0.25, 0.3) is 11.2 Å². The van der Waals surface area contributed by atoms with Crippen LogP contribution in [0.1, 0.15) is 50.1 Å². The summed E-state index contributed by atoms with van der Waals surface area (Å²) in [7, 11) is 0. The van der Waals surface area contributed by atoms with Gasteiger partial charge in [0.15, 0.2) is 5.65 Å². The lowest BCUT2D eigenvalue weighted by atomic mass is 10.0. The van der Waals surface area contributed by atoms with Crippen molar-refractivity contribution in [3.63, 3.8) is 0 Å². The van der Waals surface area contributed by atoms with E-state index < -0.39 is 0 Å². The van der Waals surface area contributed by atoms with Crippen molar-refractivity contribution >= 4 is 17.1 Å². The number of fused-ring (bicyclic) bond motifs is 1. The molecule has 1 atom stereocenters. The lowest BCUT2D eigenvalue weighted by Crippen LogP contribution is -2.33. The molecule has 1 aliphatic heterocycles. The minimum absolute atomic E-state index is 0.0144. The summed E-state index contributed by atoms with van der Waals surface area (Å²) in [6.45, 7) is 1.85. The van der Waals surface area contributed by atoms with Gasteiger partial charge in [0.05, 0.1) is 18.1 Å². The minimum Gasteiger partial charge on any atom is -0.341 e. The van der Waals surface area contributed by atoms with Crippen molar-refractivity contribution in [2.24, 2.45) is 5.92 Å². The van der Waals surface area contributed by atoms with E-state index in [0.717, 1.165) is 24.0 Å². The maximum atomic E-state index is 13.4. The quantitative estimate of drug-likeness (QED) is 0.653. The molecule has 1 aromatic carbocycles. The van der Waals surface area contributed by atoms with Crippen LogP contribution in [-0.2, 0) is 11.3 Å². The van der Waals surface area contributed by atoms with Crippen molar-refractivity contribution in [2.75, 3.05) is 13.1 Å². The van der Waals surface area contributed by atoms with E-state index in [2.05, 4.69) is 4.98 Å². The highest BCUT2D eigenvalue weighted by Gasteiger charge is 2.32. The molecule has 2 aliphatic rings. The van der Waals surface area contributed by atoms with Gasteiger partial charge in [-0.1, -0.05) is 43.2 Å². The molecule has 0 spiro atoms. The van der Waals surface area contributed by atoms with E-state index >= 15 is 0 Å². The van der Waals surface area contributed by atoms with Crippen LogP contribution in [0.5, 0.6) is 0 Å². The summed E-state index contributed by atoms with van der Waals surface area (Å²) >= 11 is 0. The zero-order chi connectivity index (χ0) is 20.5. The molecule has 0 bridgehead atoms. The number of carbonyl (C=O) groups is 1. The topological polar surface area (TPSA) is 60.1 Å². The summed E-state index contributed by atoms with van der Waals surface area (Å²) in [5, 5.41) is 0. The molecule has 30 heavy (non-hydrogen) atoms. The van der Waals surface area contributed by atoms with Crippen molar-refractivity contribution in [1.29, 1.82) is 0 Å². The number of pyridine rings is 1. The van der Waals surface area contributed by atoms with Gasteiger partial charge in [0.1, 0.15) is 0 Å². The number of carbonyl (C=O) groups excluding carboxylic acids is 1. The average Bonchev–Trinajstić information content (AvgIpc) is 3.50. The molecule has 156 valence electrons. The molecule has 2 aromatic heterocycles. The molecule has 6 nitrogen and oxygen atoms in total. The number of rotatable bonds is 5. The normalized spacial score (nSPS) is 19.7. The minimum atomic E-state index is -0.0392. The van der Waals surface area contributed by atoms with E-state index in [0.29, 0.717) is 31.1 Å². The van der Waals surface area contributed by atoms with E-state index in [1.54, 1.807) is 10.8 Å². The number of amides is 1. The predicted molar refractivity (Wildman–Crippen MR) is 116 cm³/mol. The van der Waals surface area contributed by atoms with Gasteiger partial charge in [-0.15, -0.1) is 0 Å². The van der Waals surface area contributed by atoms with Gasteiger partial charge in [0.25, 0.3) is 0 Å². The Kier molecular flexibility index (Phi) is 5.15. The van der Waals surface area contributed by atoms with Gasteiger partial charge in [-0.05, 0) is 42.9 Å². The molecular formula is C24H28N4O2. The molecule has 1 saturated carbocycles. The number of benzene rings is 1. The van der Waals surface area contributed by atoms with Crippen LogP contribution in [0.15, 0.2) is 53.5 Å². The first-order valence-corrected chi connectivity index (χ1v) is 11.1. The molecular weight excluding hydrogens is 376 g/mol. The van der Waals surface area contributed by atoms with Crippen molar-refractivity contribution in [3.05, 3.63) is 64.7 Å². The molecule has 0 N–H and O–H groups in total. The Morgan fingerprint density at radius 3 is 2.63 bits per heavy atom. The molecule has 6 heteroatoms. The van der Waals surface area contributed by atoms with Crippen molar-refractivity contribution in [2.45, 2.75) is 51.1 Å². The second-order valence-corrected chi connectivity index (χ2v) is 8.71. The smallest absolute Gasteiger partial charge is 0.330 e. The Hall–Kier alpha value is -2.89. The van der Waals surface area contributed by atoms with Crippen molar-refractivity contribution < 1.29 is 4.79 Å². The second-order valence-electron chi connectivity index (χ2n) is 8.71. The number of hydrogen-bond donors (Lipinski definition) is 0. The maximum absolute atomic E-state index is 13.4. The highest BCUT2D eigenvalue weighted by molar-refractivity contribution is 5.77. The zero-order valence-corrected chi connectivity index (χ0v) is 17.2. The van der Waals surface area contributed by atoms with Gasteiger partial charge in [0, 0.05) is 25.7 Å². The van der Waals surface area contributed by atoms with Gasteiger partial charge >= 0.3 is 5.69 Å². The number of imidazole rings is 1. The van der Waals surface area contributed by atoms with Gasteiger partial charge in [0.2, 0.25) is 5.91 Å². The first-order valence-electron chi connectivity index (χ1n) is 11.1. The summed E-state index contributed by atoms with van der Waals surface area (Å²) in [6.07, 6.45) is 8.07. The summed E-state index contributed by atoms with van der Waals surface area (Å²) in [6, 6.07) is 13.8. The van der Waals surface area contributed by atoms with Crippen molar-refractivity contribution in [3.8, 4) is 0 Å². The highest BCUT2D eigenvalue weighted by atomic mass is 16.2. The number of hydrogen-bond acceptors (Lipinski definition) is 3. The third kappa shape index (κ3) is 3.55. The van der Waals surface area contributed by atoms with Crippen LogP contribution in [0.4, 0.5) is 0 Å². The number of nitrogens with zero attached hydrogens (tertiary/aromatic N) is 4. The molecule has 0 unspecified atom stereocenters. The molecule has 0 radical (unpaired) electrons. The van der Waals surface area contributed by atoms with Crippen LogP contribution in [-0.4, -0.2) is 38.0 Å². The van der Waals surface area contributed by atoms with Crippen LogP contribution in [0.2, 0.25) is 0 Å². The zero-order valence-electron chi connectivity index (χ0n) is 17.2. The highest BCUT2D eigenvalue weighted by Crippen LogP contribution is 2.30. The van der Waals surface area contributed by atoms with Crippen LogP contribution >= 0.6 is 0 Å². The lowest BCUT2D eigenvalue weighted by Gasteiger charge is -2.19. The van der Waals surface area contributed by atoms with Gasteiger partial charge in [-0.3, -0.25) is 13.9 Å². The molecule has 1 aliphatic carbocycles. The van der Waals surface area contributed by atoms with Gasteiger partial charge in [-0.25, -0.2) is 9.78 Å². The fourth-order valence-electron chi connectivity index (χ4n) is 5.13. The Labute approximate surface area is 176 Å². The summed E-state index contributed by atoms with van der Waals surface area (Å²) in [5.41, 5.74) is 2.61. The third-order valence-electron chi connectivity index (χ3n) is 6.72. The van der Waals surface area contributed by atoms with E-state index in [1.165, 1.54) is 25.7 Å². The van der Waals surface area contributed by atoms with Gasteiger partial charge in [-0.2, -0.15) is 0 Å². The van der Waals surface area contributed by atoms with Crippen molar-refractivity contribution in [1.82, 2.24) is 19.0 Å². The van der Waals surface area contributed by atoms with E-state index in [1.807, 2.05) is 51.9 Å². The third-order valence-corrected chi connectivity index (χ3v) is 6.72. The lowest BCUT2D eigenvalue weighted by molar-refractivity contribution is -0.131. The molecule has 3 heterocycles. The molecule has 1 amide bonds. The Balaban J connectivity index is 1.41. The monoisotopic (exact) mass is 404 g/mol. The first kappa shape index (κ1) is 19.1. The fourth-order valence-corrected chi connectivity index (χ4v) is 5.13. The van der Waals surface area contributed by atoms with E-state index in [9.17, 15) is 9.59 Å². The number of aromatic nitrogens is 3. The average molecular weight is 405 g/mol. The standard InChI is InChI=1S/C24H28N4O2/c29-22(15-18-7-4-5-8-18)26-14-12-20(17-26)28-23-21(11-6-13-25-23)27(24(28)30)16-19-9-2-1-3-10-19/h1-3,6,9-11,13,18,20H,4-5,7-8,12,14-17H2/t20-/m1/s1. The van der Waals surface area contributed by atoms with E-state index in [4.69, 9.17) is 0 Å². The van der Waals surface area contributed by atoms with Gasteiger partial charge < -0.3 is 4.90 Å². The fraction of sp³-hybridized carbons (Fsp3) is 0.458. The summed E-state index contributed by atoms with van der Waals surface area (Å²) < 4.78 is 3.63. The Morgan fingerprint density at radius 1 is 1.03 bits per heavy atom. The largest absolute Gasteiger partial charge is 0.341 e. The molecule has 2 fully saturated rings.